The fourth-order valence-electron chi connectivity index (χ4n) is 4.32. The molecular formula is C28H30F2N2O. The summed E-state index contributed by atoms with van der Waals surface area (Å²) in [7, 11) is 0. The van der Waals surface area contributed by atoms with Crippen molar-refractivity contribution in [2.45, 2.75) is 12.0 Å². The van der Waals surface area contributed by atoms with E-state index < -0.39 is 5.60 Å². The van der Waals surface area contributed by atoms with E-state index >= 15 is 0 Å². The van der Waals surface area contributed by atoms with Crippen LogP contribution in [0.1, 0.15) is 23.1 Å². The van der Waals surface area contributed by atoms with Gasteiger partial charge in [0.25, 0.3) is 0 Å². The van der Waals surface area contributed by atoms with Crippen LogP contribution in [-0.4, -0.2) is 54.2 Å². The smallest absolute Gasteiger partial charge is 0.123 e. The van der Waals surface area contributed by atoms with Gasteiger partial charge in [0.2, 0.25) is 0 Å². The Hall–Kier alpha value is -2.86. The van der Waals surface area contributed by atoms with Gasteiger partial charge in [0, 0.05) is 39.3 Å². The lowest BCUT2D eigenvalue weighted by Gasteiger charge is -2.37. The Balaban J connectivity index is 1.35. The number of piperazine rings is 1. The molecule has 1 saturated heterocycles. The molecule has 3 aromatic rings. The molecule has 0 radical (unpaired) electrons. The summed E-state index contributed by atoms with van der Waals surface area (Å²) >= 11 is 0. The molecule has 1 aliphatic heterocycles. The zero-order valence-corrected chi connectivity index (χ0v) is 18.7. The van der Waals surface area contributed by atoms with Gasteiger partial charge in [-0.25, -0.2) is 8.78 Å². The van der Waals surface area contributed by atoms with Crippen LogP contribution in [0.5, 0.6) is 0 Å². The maximum atomic E-state index is 13.5. The van der Waals surface area contributed by atoms with Crippen LogP contribution in [0.25, 0.3) is 6.08 Å². The maximum absolute atomic E-state index is 13.5. The summed E-state index contributed by atoms with van der Waals surface area (Å²) in [5.41, 5.74) is 1.12. The zero-order valence-electron chi connectivity index (χ0n) is 18.7. The van der Waals surface area contributed by atoms with Crippen LogP contribution in [0.3, 0.4) is 0 Å². The third-order valence-electron chi connectivity index (χ3n) is 6.37. The van der Waals surface area contributed by atoms with Crippen molar-refractivity contribution in [1.29, 1.82) is 0 Å². The normalized spacial score (nSPS) is 15.8. The fourth-order valence-corrected chi connectivity index (χ4v) is 4.32. The van der Waals surface area contributed by atoms with Crippen molar-refractivity contribution < 1.29 is 13.9 Å². The lowest BCUT2D eigenvalue weighted by molar-refractivity contribution is 0.0481. The van der Waals surface area contributed by atoms with Crippen molar-refractivity contribution in [3.8, 4) is 0 Å². The minimum Gasteiger partial charge on any atom is -0.380 e. The van der Waals surface area contributed by atoms with Gasteiger partial charge in [-0.1, -0.05) is 66.7 Å². The van der Waals surface area contributed by atoms with Gasteiger partial charge in [-0.2, -0.15) is 0 Å². The topological polar surface area (TPSA) is 26.7 Å². The van der Waals surface area contributed by atoms with Crippen LogP contribution in [0, 0.1) is 11.6 Å². The molecule has 1 fully saturated rings. The Morgan fingerprint density at radius 1 is 0.727 bits per heavy atom. The van der Waals surface area contributed by atoms with E-state index in [1.807, 2.05) is 18.2 Å². The molecule has 0 amide bonds. The second-order valence-corrected chi connectivity index (χ2v) is 8.58. The SMILES string of the molecule is OC(CCN1CCN(C/C=C/c2ccccc2)CC1)(c1ccc(F)cc1)c1ccc(F)cc1. The van der Waals surface area contributed by atoms with E-state index in [1.165, 1.54) is 29.8 Å². The molecule has 0 bridgehead atoms. The van der Waals surface area contributed by atoms with Crippen LogP contribution in [0.15, 0.2) is 84.9 Å². The third kappa shape index (κ3) is 6.14. The first kappa shape index (κ1) is 23.3. The van der Waals surface area contributed by atoms with E-state index in [-0.39, 0.29) is 11.6 Å². The summed E-state index contributed by atoms with van der Waals surface area (Å²) in [5, 5.41) is 11.7. The Morgan fingerprint density at radius 3 is 1.79 bits per heavy atom. The second-order valence-electron chi connectivity index (χ2n) is 8.58. The van der Waals surface area contributed by atoms with Crippen molar-refractivity contribution in [1.82, 2.24) is 9.80 Å². The minimum atomic E-state index is -1.31. The predicted octanol–water partition coefficient (Wildman–Crippen LogP) is 4.92. The quantitative estimate of drug-likeness (QED) is 0.530. The van der Waals surface area contributed by atoms with Gasteiger partial charge in [-0.3, -0.25) is 4.90 Å². The monoisotopic (exact) mass is 448 g/mol. The lowest BCUT2D eigenvalue weighted by atomic mass is 9.83. The van der Waals surface area contributed by atoms with Gasteiger partial charge in [-0.05, 0) is 47.4 Å². The molecule has 1 aliphatic rings. The van der Waals surface area contributed by atoms with Crippen molar-refractivity contribution in [2.75, 3.05) is 39.3 Å². The molecule has 0 saturated carbocycles. The fraction of sp³-hybridized carbons (Fsp3) is 0.286. The number of hydrogen-bond acceptors (Lipinski definition) is 3. The summed E-state index contributed by atoms with van der Waals surface area (Å²) in [4.78, 5) is 4.76. The summed E-state index contributed by atoms with van der Waals surface area (Å²) in [6.07, 6.45) is 4.79. The summed E-state index contributed by atoms with van der Waals surface area (Å²) < 4.78 is 27.0. The molecule has 3 nitrogen and oxygen atoms in total. The van der Waals surface area contributed by atoms with Crippen LogP contribution in [0.2, 0.25) is 0 Å². The van der Waals surface area contributed by atoms with Crippen molar-refractivity contribution in [3.05, 3.63) is 113 Å². The molecule has 33 heavy (non-hydrogen) atoms. The van der Waals surface area contributed by atoms with E-state index in [0.717, 1.165) is 32.7 Å². The van der Waals surface area contributed by atoms with E-state index in [0.29, 0.717) is 24.1 Å². The number of hydrogen-bond donors (Lipinski definition) is 1. The highest BCUT2D eigenvalue weighted by Crippen LogP contribution is 2.33. The lowest BCUT2D eigenvalue weighted by Crippen LogP contribution is -2.47. The molecule has 5 heteroatoms. The molecule has 1 N–H and O–H groups in total. The molecule has 0 atom stereocenters. The predicted molar refractivity (Wildman–Crippen MR) is 129 cm³/mol. The standard InChI is InChI=1S/C28H30F2N2O/c29-26-12-8-24(9-13-26)28(33,25-10-14-27(30)15-11-25)16-18-32-21-19-31(20-22-32)17-4-7-23-5-2-1-3-6-23/h1-15,33H,16-22H2/b7-4+. The first-order chi connectivity index (χ1) is 16.0. The van der Waals surface area contributed by atoms with E-state index in [9.17, 15) is 13.9 Å². The summed E-state index contributed by atoms with van der Waals surface area (Å²) in [6, 6.07) is 22.1. The molecule has 1 heterocycles. The Bertz CT molecular complexity index is 982. The van der Waals surface area contributed by atoms with Crippen LogP contribution < -0.4 is 0 Å². The highest BCUT2D eigenvalue weighted by molar-refractivity contribution is 5.48. The molecule has 4 rings (SSSR count). The Labute approximate surface area is 194 Å². The van der Waals surface area contributed by atoms with Gasteiger partial charge in [0.15, 0.2) is 0 Å². The average Bonchev–Trinajstić information content (AvgIpc) is 2.85. The Morgan fingerprint density at radius 2 is 1.24 bits per heavy atom. The summed E-state index contributed by atoms with van der Waals surface area (Å²) in [6.45, 7) is 5.37. The van der Waals surface area contributed by atoms with E-state index in [2.05, 4.69) is 34.1 Å². The number of benzene rings is 3. The molecule has 0 aromatic heterocycles. The van der Waals surface area contributed by atoms with Gasteiger partial charge in [0.05, 0.1) is 0 Å². The van der Waals surface area contributed by atoms with Crippen LogP contribution >= 0.6 is 0 Å². The average molecular weight is 449 g/mol. The first-order valence-corrected chi connectivity index (χ1v) is 11.4. The molecular weight excluding hydrogens is 418 g/mol. The number of aliphatic hydroxyl groups is 1. The van der Waals surface area contributed by atoms with Gasteiger partial charge in [-0.15, -0.1) is 0 Å². The number of nitrogens with zero attached hydrogens (tertiary/aromatic N) is 2. The summed E-state index contributed by atoms with van der Waals surface area (Å²) in [5.74, 6) is -0.699. The minimum absolute atomic E-state index is 0.349. The first-order valence-electron chi connectivity index (χ1n) is 11.4. The molecule has 0 unspecified atom stereocenters. The maximum Gasteiger partial charge on any atom is 0.123 e. The third-order valence-corrected chi connectivity index (χ3v) is 6.37. The van der Waals surface area contributed by atoms with E-state index in [4.69, 9.17) is 0 Å². The van der Waals surface area contributed by atoms with Gasteiger partial charge < -0.3 is 10.0 Å². The second kappa shape index (κ2) is 10.8. The molecule has 0 aliphatic carbocycles. The number of rotatable bonds is 8. The van der Waals surface area contributed by atoms with Crippen molar-refractivity contribution in [2.24, 2.45) is 0 Å². The van der Waals surface area contributed by atoms with Crippen LogP contribution in [0.4, 0.5) is 8.78 Å². The zero-order chi connectivity index (χ0) is 23.1. The van der Waals surface area contributed by atoms with Crippen molar-refractivity contribution in [3.63, 3.8) is 0 Å². The van der Waals surface area contributed by atoms with E-state index in [1.54, 1.807) is 24.3 Å². The van der Waals surface area contributed by atoms with Gasteiger partial charge >= 0.3 is 0 Å². The molecule has 3 aromatic carbocycles. The Kier molecular flexibility index (Phi) is 7.65. The van der Waals surface area contributed by atoms with Gasteiger partial charge in [0.1, 0.15) is 17.2 Å². The largest absolute Gasteiger partial charge is 0.380 e. The number of halogens is 2. The highest BCUT2D eigenvalue weighted by Gasteiger charge is 2.32. The van der Waals surface area contributed by atoms with Crippen molar-refractivity contribution >= 4 is 6.08 Å². The highest BCUT2D eigenvalue weighted by atomic mass is 19.1. The molecule has 172 valence electrons. The van der Waals surface area contributed by atoms with Crippen LogP contribution in [-0.2, 0) is 5.60 Å². The molecule has 0 spiro atoms.